The van der Waals surface area contributed by atoms with Crippen LogP contribution in [-0.4, -0.2) is 11.9 Å². The zero-order valence-corrected chi connectivity index (χ0v) is 12.2. The standard InChI is InChI=1S/C17H22N2O/c1-12-3-8-16(13(2)9-12)19-17(20)10-14-4-6-15(11-18)7-5-14/h4-7,12-13,16H,3,8-10H2,1-2H3,(H,19,20). The molecular formula is C17H22N2O. The van der Waals surface area contributed by atoms with E-state index in [2.05, 4.69) is 25.2 Å². The highest BCUT2D eigenvalue weighted by molar-refractivity contribution is 5.78. The van der Waals surface area contributed by atoms with Crippen molar-refractivity contribution in [1.29, 1.82) is 5.26 Å². The fourth-order valence-corrected chi connectivity index (χ4v) is 3.02. The van der Waals surface area contributed by atoms with Gasteiger partial charge in [0.1, 0.15) is 0 Å². The minimum atomic E-state index is 0.0844. The van der Waals surface area contributed by atoms with Crippen LogP contribution < -0.4 is 5.32 Å². The number of benzene rings is 1. The second kappa shape index (κ2) is 6.56. The molecule has 3 nitrogen and oxygen atoms in total. The van der Waals surface area contributed by atoms with Crippen LogP contribution in [0.25, 0.3) is 0 Å². The van der Waals surface area contributed by atoms with E-state index in [0.717, 1.165) is 17.9 Å². The van der Waals surface area contributed by atoms with Crippen molar-refractivity contribution in [1.82, 2.24) is 5.32 Å². The summed E-state index contributed by atoms with van der Waals surface area (Å²) in [5, 5.41) is 11.9. The van der Waals surface area contributed by atoms with E-state index in [-0.39, 0.29) is 5.91 Å². The molecule has 3 heteroatoms. The molecule has 0 aromatic heterocycles. The molecule has 3 unspecified atom stereocenters. The van der Waals surface area contributed by atoms with Crippen LogP contribution in [0.15, 0.2) is 24.3 Å². The van der Waals surface area contributed by atoms with Gasteiger partial charge in [-0.15, -0.1) is 0 Å². The van der Waals surface area contributed by atoms with Gasteiger partial charge in [0.05, 0.1) is 18.1 Å². The molecule has 1 aliphatic rings. The first kappa shape index (κ1) is 14.6. The van der Waals surface area contributed by atoms with Gasteiger partial charge < -0.3 is 5.32 Å². The molecule has 0 saturated heterocycles. The zero-order chi connectivity index (χ0) is 14.5. The zero-order valence-electron chi connectivity index (χ0n) is 12.2. The number of hydrogen-bond acceptors (Lipinski definition) is 2. The molecule has 3 atom stereocenters. The van der Waals surface area contributed by atoms with Gasteiger partial charge in [-0.3, -0.25) is 4.79 Å². The maximum absolute atomic E-state index is 12.1. The lowest BCUT2D eigenvalue weighted by atomic mass is 9.80. The first-order valence-corrected chi connectivity index (χ1v) is 7.37. The summed E-state index contributed by atoms with van der Waals surface area (Å²) < 4.78 is 0. The molecule has 1 N–H and O–H groups in total. The van der Waals surface area contributed by atoms with Crippen LogP contribution in [0.2, 0.25) is 0 Å². The predicted octanol–water partition coefficient (Wildman–Crippen LogP) is 3.04. The van der Waals surface area contributed by atoms with Crippen molar-refractivity contribution in [3.63, 3.8) is 0 Å². The molecule has 2 rings (SSSR count). The fourth-order valence-electron chi connectivity index (χ4n) is 3.02. The van der Waals surface area contributed by atoms with Gasteiger partial charge in [0, 0.05) is 6.04 Å². The smallest absolute Gasteiger partial charge is 0.224 e. The Balaban J connectivity index is 1.87. The van der Waals surface area contributed by atoms with Crippen LogP contribution in [0.5, 0.6) is 0 Å². The van der Waals surface area contributed by atoms with E-state index in [0.29, 0.717) is 23.9 Å². The lowest BCUT2D eigenvalue weighted by Crippen LogP contribution is -2.43. The molecule has 0 radical (unpaired) electrons. The van der Waals surface area contributed by atoms with E-state index in [4.69, 9.17) is 5.26 Å². The molecule has 106 valence electrons. The Bertz CT molecular complexity index is 501. The molecule has 0 bridgehead atoms. The van der Waals surface area contributed by atoms with Crippen molar-refractivity contribution in [3.05, 3.63) is 35.4 Å². The van der Waals surface area contributed by atoms with Gasteiger partial charge in [-0.2, -0.15) is 5.26 Å². The average molecular weight is 270 g/mol. The van der Waals surface area contributed by atoms with E-state index in [1.165, 1.54) is 12.8 Å². The number of hydrogen-bond donors (Lipinski definition) is 1. The highest BCUT2D eigenvalue weighted by atomic mass is 16.1. The second-order valence-electron chi connectivity index (χ2n) is 6.06. The van der Waals surface area contributed by atoms with Crippen LogP contribution in [0, 0.1) is 23.2 Å². The maximum Gasteiger partial charge on any atom is 0.224 e. The van der Waals surface area contributed by atoms with Gasteiger partial charge in [0.15, 0.2) is 0 Å². The third kappa shape index (κ3) is 3.84. The molecule has 20 heavy (non-hydrogen) atoms. The van der Waals surface area contributed by atoms with Crippen LogP contribution in [0.1, 0.15) is 44.2 Å². The number of carbonyl (C=O) groups is 1. The van der Waals surface area contributed by atoms with E-state index in [1.807, 2.05) is 12.1 Å². The van der Waals surface area contributed by atoms with E-state index >= 15 is 0 Å². The van der Waals surface area contributed by atoms with Crippen molar-refractivity contribution in [3.8, 4) is 6.07 Å². The Hall–Kier alpha value is -1.82. The number of amides is 1. The summed E-state index contributed by atoms with van der Waals surface area (Å²) in [5.41, 5.74) is 1.59. The molecular weight excluding hydrogens is 248 g/mol. The van der Waals surface area contributed by atoms with Gasteiger partial charge in [-0.25, -0.2) is 0 Å². The van der Waals surface area contributed by atoms with Crippen LogP contribution >= 0.6 is 0 Å². The Kier molecular flexibility index (Phi) is 4.79. The predicted molar refractivity (Wildman–Crippen MR) is 79.0 cm³/mol. The maximum atomic E-state index is 12.1. The summed E-state index contributed by atoms with van der Waals surface area (Å²) in [6.45, 7) is 4.51. The summed E-state index contributed by atoms with van der Waals surface area (Å²) in [7, 11) is 0. The normalized spacial score (nSPS) is 25.8. The summed E-state index contributed by atoms with van der Waals surface area (Å²) in [4.78, 5) is 12.1. The van der Waals surface area contributed by atoms with Gasteiger partial charge in [0.25, 0.3) is 0 Å². The fraction of sp³-hybridized carbons (Fsp3) is 0.529. The van der Waals surface area contributed by atoms with Crippen molar-refractivity contribution < 1.29 is 4.79 Å². The van der Waals surface area contributed by atoms with Gasteiger partial charge in [0.2, 0.25) is 5.91 Å². The average Bonchev–Trinajstić information content (AvgIpc) is 2.43. The van der Waals surface area contributed by atoms with Crippen LogP contribution in [0.3, 0.4) is 0 Å². The summed E-state index contributed by atoms with van der Waals surface area (Å²) in [5.74, 6) is 1.42. The molecule has 1 aliphatic carbocycles. The molecule has 1 aromatic rings. The lowest BCUT2D eigenvalue weighted by molar-refractivity contribution is -0.121. The molecule has 1 fully saturated rings. The first-order valence-electron chi connectivity index (χ1n) is 7.37. The minimum Gasteiger partial charge on any atom is -0.353 e. The molecule has 0 aliphatic heterocycles. The topological polar surface area (TPSA) is 52.9 Å². The third-order valence-corrected chi connectivity index (χ3v) is 4.23. The van der Waals surface area contributed by atoms with Crippen LogP contribution in [0.4, 0.5) is 0 Å². The van der Waals surface area contributed by atoms with Crippen molar-refractivity contribution in [2.75, 3.05) is 0 Å². The monoisotopic (exact) mass is 270 g/mol. The Morgan fingerprint density at radius 1 is 1.30 bits per heavy atom. The van der Waals surface area contributed by atoms with Gasteiger partial charge in [-0.05, 0) is 48.8 Å². The van der Waals surface area contributed by atoms with Crippen LogP contribution in [-0.2, 0) is 11.2 Å². The number of nitrogens with zero attached hydrogens (tertiary/aromatic N) is 1. The summed E-state index contributed by atoms with van der Waals surface area (Å²) in [6.07, 6.45) is 3.87. The Morgan fingerprint density at radius 2 is 2.00 bits per heavy atom. The molecule has 1 amide bonds. The van der Waals surface area contributed by atoms with Crippen molar-refractivity contribution in [2.45, 2.75) is 45.6 Å². The van der Waals surface area contributed by atoms with Gasteiger partial charge in [-0.1, -0.05) is 26.0 Å². The molecule has 1 aromatic carbocycles. The largest absolute Gasteiger partial charge is 0.353 e. The Morgan fingerprint density at radius 3 is 2.60 bits per heavy atom. The van der Waals surface area contributed by atoms with E-state index in [9.17, 15) is 4.79 Å². The SMILES string of the molecule is CC1CCC(NC(=O)Cc2ccc(C#N)cc2)C(C)C1. The van der Waals surface area contributed by atoms with E-state index < -0.39 is 0 Å². The van der Waals surface area contributed by atoms with E-state index in [1.54, 1.807) is 12.1 Å². The lowest BCUT2D eigenvalue weighted by Gasteiger charge is -2.33. The molecule has 0 heterocycles. The molecule has 0 spiro atoms. The second-order valence-corrected chi connectivity index (χ2v) is 6.06. The molecule has 1 saturated carbocycles. The number of nitrogens with one attached hydrogen (secondary N) is 1. The van der Waals surface area contributed by atoms with Gasteiger partial charge >= 0.3 is 0 Å². The van der Waals surface area contributed by atoms with Crippen molar-refractivity contribution in [2.24, 2.45) is 11.8 Å². The van der Waals surface area contributed by atoms with Crippen molar-refractivity contribution >= 4 is 5.91 Å². The third-order valence-electron chi connectivity index (χ3n) is 4.23. The summed E-state index contributed by atoms with van der Waals surface area (Å²) in [6, 6.07) is 9.62. The highest BCUT2D eigenvalue weighted by Crippen LogP contribution is 2.28. The number of carbonyl (C=O) groups excluding carboxylic acids is 1. The number of rotatable bonds is 3. The summed E-state index contributed by atoms with van der Waals surface area (Å²) >= 11 is 0. The minimum absolute atomic E-state index is 0.0844. The quantitative estimate of drug-likeness (QED) is 0.917. The highest BCUT2D eigenvalue weighted by Gasteiger charge is 2.26. The number of nitriles is 1. The Labute approximate surface area is 121 Å². The first-order chi connectivity index (χ1) is 9.58.